The highest BCUT2D eigenvalue weighted by Gasteiger charge is 2.29. The van der Waals surface area contributed by atoms with Gasteiger partial charge in [-0.1, -0.05) is 13.8 Å². The average Bonchev–Trinajstić information content (AvgIpc) is 2.90. The molecule has 0 spiro atoms. The minimum absolute atomic E-state index is 0.363. The summed E-state index contributed by atoms with van der Waals surface area (Å²) in [4.78, 5) is 0. The van der Waals surface area contributed by atoms with Crippen molar-refractivity contribution in [3.05, 3.63) is 18.5 Å². The standard InChI is InChI=1S/C13H23N3O/c1-10-4-5-13(11(10)2)14-8-12(17)9-16-7-3-6-15-16/h3,6-7,10-14,17H,4-5,8-9H2,1-2H3. The van der Waals surface area contributed by atoms with E-state index in [0.717, 1.165) is 5.92 Å². The van der Waals surface area contributed by atoms with Gasteiger partial charge in [0.25, 0.3) is 0 Å². The zero-order valence-corrected chi connectivity index (χ0v) is 10.7. The van der Waals surface area contributed by atoms with Crippen LogP contribution in [0.2, 0.25) is 0 Å². The molecule has 96 valence electrons. The Morgan fingerprint density at radius 1 is 1.47 bits per heavy atom. The molecule has 0 aromatic carbocycles. The Labute approximate surface area is 103 Å². The molecule has 17 heavy (non-hydrogen) atoms. The minimum Gasteiger partial charge on any atom is -0.390 e. The van der Waals surface area contributed by atoms with E-state index in [1.165, 1.54) is 12.8 Å². The van der Waals surface area contributed by atoms with E-state index in [4.69, 9.17) is 0 Å². The third-order valence-electron chi connectivity index (χ3n) is 4.04. The van der Waals surface area contributed by atoms with Crippen LogP contribution in [0.5, 0.6) is 0 Å². The summed E-state index contributed by atoms with van der Waals surface area (Å²) in [6.45, 7) is 5.83. The quantitative estimate of drug-likeness (QED) is 0.811. The van der Waals surface area contributed by atoms with Crippen molar-refractivity contribution < 1.29 is 5.11 Å². The van der Waals surface area contributed by atoms with Crippen LogP contribution in [0.15, 0.2) is 18.5 Å². The number of aromatic nitrogens is 2. The van der Waals surface area contributed by atoms with E-state index in [-0.39, 0.29) is 6.10 Å². The molecule has 1 aliphatic rings. The molecule has 4 unspecified atom stereocenters. The number of hydrogen-bond donors (Lipinski definition) is 2. The van der Waals surface area contributed by atoms with Gasteiger partial charge >= 0.3 is 0 Å². The van der Waals surface area contributed by atoms with Crippen LogP contribution in [0, 0.1) is 11.8 Å². The first-order valence-corrected chi connectivity index (χ1v) is 6.55. The van der Waals surface area contributed by atoms with Gasteiger partial charge < -0.3 is 10.4 Å². The fourth-order valence-electron chi connectivity index (χ4n) is 2.63. The van der Waals surface area contributed by atoms with Crippen LogP contribution >= 0.6 is 0 Å². The minimum atomic E-state index is -0.363. The van der Waals surface area contributed by atoms with Crippen LogP contribution < -0.4 is 5.32 Å². The molecule has 0 saturated heterocycles. The van der Waals surface area contributed by atoms with E-state index in [1.807, 2.05) is 12.3 Å². The molecule has 1 aromatic rings. The normalized spacial score (nSPS) is 30.6. The molecule has 4 heteroatoms. The summed E-state index contributed by atoms with van der Waals surface area (Å²) < 4.78 is 1.77. The zero-order valence-electron chi connectivity index (χ0n) is 10.7. The summed E-state index contributed by atoms with van der Waals surface area (Å²) in [6, 6.07) is 2.44. The van der Waals surface area contributed by atoms with Gasteiger partial charge in [-0.15, -0.1) is 0 Å². The first-order valence-electron chi connectivity index (χ1n) is 6.55. The molecular formula is C13H23N3O. The molecule has 1 heterocycles. The van der Waals surface area contributed by atoms with Crippen molar-refractivity contribution in [2.24, 2.45) is 11.8 Å². The smallest absolute Gasteiger partial charge is 0.0860 e. The number of nitrogens with zero attached hydrogens (tertiary/aromatic N) is 2. The van der Waals surface area contributed by atoms with Crippen molar-refractivity contribution in [1.29, 1.82) is 0 Å². The number of nitrogens with one attached hydrogen (secondary N) is 1. The first-order chi connectivity index (χ1) is 8.16. The van der Waals surface area contributed by atoms with E-state index in [2.05, 4.69) is 24.3 Å². The molecule has 4 atom stereocenters. The average molecular weight is 237 g/mol. The maximum atomic E-state index is 9.91. The van der Waals surface area contributed by atoms with Gasteiger partial charge in [0.1, 0.15) is 0 Å². The van der Waals surface area contributed by atoms with Gasteiger partial charge in [0, 0.05) is 25.0 Å². The predicted octanol–water partition coefficient (Wildman–Crippen LogP) is 1.27. The number of rotatable bonds is 5. The van der Waals surface area contributed by atoms with Crippen LogP contribution in [-0.4, -0.2) is 33.6 Å². The van der Waals surface area contributed by atoms with Gasteiger partial charge in [0.15, 0.2) is 0 Å². The second-order valence-corrected chi connectivity index (χ2v) is 5.31. The van der Waals surface area contributed by atoms with Crippen LogP contribution in [0.1, 0.15) is 26.7 Å². The molecule has 0 aliphatic heterocycles. The lowest BCUT2D eigenvalue weighted by molar-refractivity contribution is 0.140. The molecular weight excluding hydrogens is 214 g/mol. The van der Waals surface area contributed by atoms with Crippen LogP contribution in [0.3, 0.4) is 0 Å². The summed E-state index contributed by atoms with van der Waals surface area (Å²) >= 11 is 0. The Kier molecular flexibility index (Phi) is 4.18. The summed E-state index contributed by atoms with van der Waals surface area (Å²) in [6.07, 6.45) is 5.79. The molecule has 1 aromatic heterocycles. The molecule has 0 bridgehead atoms. The third-order valence-corrected chi connectivity index (χ3v) is 4.04. The van der Waals surface area contributed by atoms with E-state index < -0.39 is 0 Å². The second kappa shape index (κ2) is 5.65. The maximum absolute atomic E-state index is 9.91. The third kappa shape index (κ3) is 3.30. The van der Waals surface area contributed by atoms with Crippen LogP contribution in [0.4, 0.5) is 0 Å². The number of hydrogen-bond acceptors (Lipinski definition) is 3. The van der Waals surface area contributed by atoms with Gasteiger partial charge in [-0.05, 0) is 30.7 Å². The second-order valence-electron chi connectivity index (χ2n) is 5.31. The molecule has 1 saturated carbocycles. The van der Waals surface area contributed by atoms with E-state index >= 15 is 0 Å². The van der Waals surface area contributed by atoms with Gasteiger partial charge in [0.05, 0.1) is 12.6 Å². The molecule has 2 N–H and O–H groups in total. The monoisotopic (exact) mass is 237 g/mol. The van der Waals surface area contributed by atoms with Crippen LogP contribution in [-0.2, 0) is 6.54 Å². The summed E-state index contributed by atoms with van der Waals surface area (Å²) in [7, 11) is 0. The lowest BCUT2D eigenvalue weighted by Gasteiger charge is -2.21. The summed E-state index contributed by atoms with van der Waals surface area (Å²) in [5, 5.41) is 17.5. The molecule has 0 amide bonds. The summed E-state index contributed by atoms with van der Waals surface area (Å²) in [5.74, 6) is 1.52. The zero-order chi connectivity index (χ0) is 12.3. The molecule has 1 aliphatic carbocycles. The Hall–Kier alpha value is -0.870. The fourth-order valence-corrected chi connectivity index (χ4v) is 2.63. The highest BCUT2D eigenvalue weighted by atomic mass is 16.3. The molecule has 4 nitrogen and oxygen atoms in total. The Morgan fingerprint density at radius 2 is 2.29 bits per heavy atom. The Bertz CT molecular complexity index is 325. The Balaban J connectivity index is 1.71. The molecule has 0 radical (unpaired) electrons. The Morgan fingerprint density at radius 3 is 2.88 bits per heavy atom. The number of aliphatic hydroxyl groups is 1. The van der Waals surface area contributed by atoms with Gasteiger partial charge in [-0.25, -0.2) is 0 Å². The highest BCUT2D eigenvalue weighted by Crippen LogP contribution is 2.30. The topological polar surface area (TPSA) is 50.1 Å². The van der Waals surface area contributed by atoms with E-state index in [9.17, 15) is 5.11 Å². The van der Waals surface area contributed by atoms with Crippen molar-refractivity contribution in [1.82, 2.24) is 15.1 Å². The van der Waals surface area contributed by atoms with Crippen LogP contribution in [0.25, 0.3) is 0 Å². The SMILES string of the molecule is CC1CCC(NCC(O)Cn2cccn2)C1C. The molecule has 2 rings (SSSR count). The first kappa shape index (κ1) is 12.6. The highest BCUT2D eigenvalue weighted by molar-refractivity contribution is 4.85. The largest absolute Gasteiger partial charge is 0.390 e. The lowest BCUT2D eigenvalue weighted by Crippen LogP contribution is -2.39. The van der Waals surface area contributed by atoms with Crippen molar-refractivity contribution in [2.45, 2.75) is 45.4 Å². The predicted molar refractivity (Wildman–Crippen MR) is 67.6 cm³/mol. The van der Waals surface area contributed by atoms with Crippen molar-refractivity contribution in [3.63, 3.8) is 0 Å². The number of aliphatic hydroxyl groups excluding tert-OH is 1. The van der Waals surface area contributed by atoms with Crippen molar-refractivity contribution in [2.75, 3.05) is 6.54 Å². The van der Waals surface area contributed by atoms with E-state index in [0.29, 0.717) is 25.0 Å². The fraction of sp³-hybridized carbons (Fsp3) is 0.769. The maximum Gasteiger partial charge on any atom is 0.0860 e. The van der Waals surface area contributed by atoms with Gasteiger partial charge in [-0.2, -0.15) is 5.10 Å². The van der Waals surface area contributed by atoms with Crippen molar-refractivity contribution in [3.8, 4) is 0 Å². The van der Waals surface area contributed by atoms with Crippen molar-refractivity contribution >= 4 is 0 Å². The van der Waals surface area contributed by atoms with E-state index in [1.54, 1.807) is 10.9 Å². The molecule has 1 fully saturated rings. The van der Waals surface area contributed by atoms with Gasteiger partial charge in [0.2, 0.25) is 0 Å². The lowest BCUT2D eigenvalue weighted by atomic mass is 9.98. The van der Waals surface area contributed by atoms with Gasteiger partial charge in [-0.3, -0.25) is 4.68 Å². The summed E-state index contributed by atoms with van der Waals surface area (Å²) in [5.41, 5.74) is 0.